The van der Waals surface area contributed by atoms with Gasteiger partial charge in [-0.25, -0.2) is 0 Å². The van der Waals surface area contributed by atoms with Crippen LogP contribution in [0.1, 0.15) is 18.4 Å². The molecule has 1 heterocycles. The minimum Gasteiger partial charge on any atom is -0.493 e. The van der Waals surface area contributed by atoms with Crippen LogP contribution in [0, 0.1) is 11.3 Å². The summed E-state index contributed by atoms with van der Waals surface area (Å²) in [5, 5.41) is 9.37. The molecular weight excluding hydrogens is 280 g/mol. The highest BCUT2D eigenvalue weighted by atomic mass is 16.5. The Morgan fingerprint density at radius 3 is 2.18 bits per heavy atom. The van der Waals surface area contributed by atoms with Crippen LogP contribution in [-0.2, 0) is 0 Å². The van der Waals surface area contributed by atoms with Gasteiger partial charge in [0, 0.05) is 12.1 Å². The van der Waals surface area contributed by atoms with Crippen LogP contribution in [0.5, 0.6) is 17.2 Å². The number of benzene rings is 1. The SMILES string of the molecule is COc1cc(C=C(C#N)CN2CCCC2)cc(OC)c1OC. The summed E-state index contributed by atoms with van der Waals surface area (Å²) in [5.74, 6) is 1.73. The Morgan fingerprint density at radius 2 is 1.73 bits per heavy atom. The van der Waals surface area contributed by atoms with Gasteiger partial charge in [-0.3, -0.25) is 4.90 Å². The lowest BCUT2D eigenvalue weighted by molar-refractivity contribution is 0.324. The van der Waals surface area contributed by atoms with Crippen LogP contribution in [0.4, 0.5) is 0 Å². The molecule has 5 heteroatoms. The van der Waals surface area contributed by atoms with Crippen molar-refractivity contribution in [2.45, 2.75) is 12.8 Å². The highest BCUT2D eigenvalue weighted by molar-refractivity contribution is 5.65. The number of methoxy groups -OCH3 is 3. The highest BCUT2D eigenvalue weighted by Crippen LogP contribution is 2.38. The van der Waals surface area contributed by atoms with E-state index in [4.69, 9.17) is 14.2 Å². The Bertz CT molecular complexity index is 559. The maximum atomic E-state index is 9.37. The molecule has 1 saturated heterocycles. The van der Waals surface area contributed by atoms with Gasteiger partial charge in [-0.2, -0.15) is 5.26 Å². The summed E-state index contributed by atoms with van der Waals surface area (Å²) in [6.45, 7) is 2.82. The zero-order valence-corrected chi connectivity index (χ0v) is 13.4. The van der Waals surface area contributed by atoms with Crippen molar-refractivity contribution in [3.05, 3.63) is 23.3 Å². The van der Waals surface area contributed by atoms with E-state index in [9.17, 15) is 5.26 Å². The highest BCUT2D eigenvalue weighted by Gasteiger charge is 2.15. The van der Waals surface area contributed by atoms with E-state index in [1.165, 1.54) is 12.8 Å². The number of hydrogen-bond donors (Lipinski definition) is 0. The molecule has 0 amide bonds. The van der Waals surface area contributed by atoms with E-state index < -0.39 is 0 Å². The Balaban J connectivity index is 2.29. The first kappa shape index (κ1) is 16.2. The van der Waals surface area contributed by atoms with E-state index in [0.717, 1.165) is 24.2 Å². The monoisotopic (exact) mass is 302 g/mol. The molecule has 5 nitrogen and oxygen atoms in total. The van der Waals surface area contributed by atoms with Crippen molar-refractivity contribution in [2.24, 2.45) is 0 Å². The summed E-state index contributed by atoms with van der Waals surface area (Å²) in [7, 11) is 4.74. The number of nitriles is 1. The molecule has 1 aliphatic rings. The van der Waals surface area contributed by atoms with Crippen LogP contribution in [0.2, 0.25) is 0 Å². The summed E-state index contributed by atoms with van der Waals surface area (Å²) in [6, 6.07) is 5.99. The molecule has 2 rings (SSSR count). The fourth-order valence-electron chi connectivity index (χ4n) is 2.68. The largest absolute Gasteiger partial charge is 0.493 e. The van der Waals surface area contributed by atoms with Gasteiger partial charge >= 0.3 is 0 Å². The van der Waals surface area contributed by atoms with Gasteiger partial charge < -0.3 is 14.2 Å². The third-order valence-corrected chi connectivity index (χ3v) is 3.76. The normalized spacial score (nSPS) is 15.5. The summed E-state index contributed by atoms with van der Waals surface area (Å²) in [4.78, 5) is 2.30. The van der Waals surface area contributed by atoms with E-state index in [1.54, 1.807) is 21.3 Å². The molecule has 1 aromatic carbocycles. The molecule has 1 fully saturated rings. The molecule has 0 aromatic heterocycles. The lowest BCUT2D eigenvalue weighted by Gasteiger charge is -2.15. The molecule has 0 unspecified atom stereocenters. The van der Waals surface area contributed by atoms with Gasteiger partial charge in [-0.1, -0.05) is 0 Å². The van der Waals surface area contributed by atoms with Crippen molar-refractivity contribution in [3.8, 4) is 23.3 Å². The van der Waals surface area contributed by atoms with Gasteiger partial charge in [0.2, 0.25) is 5.75 Å². The van der Waals surface area contributed by atoms with Crippen LogP contribution in [0.25, 0.3) is 6.08 Å². The van der Waals surface area contributed by atoms with Crippen molar-refractivity contribution < 1.29 is 14.2 Å². The molecule has 1 aromatic rings. The van der Waals surface area contributed by atoms with Gasteiger partial charge in [0.05, 0.1) is 27.4 Å². The Labute approximate surface area is 131 Å². The lowest BCUT2D eigenvalue weighted by Crippen LogP contribution is -2.21. The fraction of sp³-hybridized carbons (Fsp3) is 0.471. The first-order valence-electron chi connectivity index (χ1n) is 7.35. The number of rotatable bonds is 6. The molecule has 0 saturated carbocycles. The van der Waals surface area contributed by atoms with E-state index >= 15 is 0 Å². The van der Waals surface area contributed by atoms with Crippen LogP contribution in [0.3, 0.4) is 0 Å². The van der Waals surface area contributed by atoms with Gasteiger partial charge in [-0.15, -0.1) is 0 Å². The lowest BCUT2D eigenvalue weighted by atomic mass is 10.1. The fourth-order valence-corrected chi connectivity index (χ4v) is 2.68. The van der Waals surface area contributed by atoms with E-state index in [0.29, 0.717) is 23.8 Å². The molecule has 0 radical (unpaired) electrons. The minimum atomic E-state index is 0.556. The summed E-state index contributed by atoms with van der Waals surface area (Å²) < 4.78 is 16.0. The van der Waals surface area contributed by atoms with E-state index in [-0.39, 0.29) is 0 Å². The third-order valence-electron chi connectivity index (χ3n) is 3.76. The molecule has 22 heavy (non-hydrogen) atoms. The number of nitrogens with zero attached hydrogens (tertiary/aromatic N) is 2. The van der Waals surface area contributed by atoms with Crippen LogP contribution >= 0.6 is 0 Å². The molecule has 0 N–H and O–H groups in total. The maximum Gasteiger partial charge on any atom is 0.203 e. The summed E-state index contributed by atoms with van der Waals surface area (Å²) in [5.41, 5.74) is 1.60. The zero-order chi connectivity index (χ0) is 15.9. The second kappa shape index (κ2) is 7.71. The van der Waals surface area contributed by atoms with Crippen molar-refractivity contribution in [1.82, 2.24) is 4.90 Å². The van der Waals surface area contributed by atoms with Gasteiger partial charge in [0.15, 0.2) is 11.5 Å². The molecular formula is C17H22N2O3. The maximum absolute atomic E-state index is 9.37. The van der Waals surface area contributed by atoms with Crippen molar-refractivity contribution in [3.63, 3.8) is 0 Å². The standard InChI is InChI=1S/C17H22N2O3/c1-20-15-9-13(10-16(21-2)17(15)22-3)8-14(11-18)12-19-6-4-5-7-19/h8-10H,4-7,12H2,1-3H3. The number of ether oxygens (including phenoxy) is 3. The first-order valence-corrected chi connectivity index (χ1v) is 7.35. The topological polar surface area (TPSA) is 54.7 Å². The second-order valence-corrected chi connectivity index (χ2v) is 5.22. The minimum absolute atomic E-state index is 0.556. The average Bonchev–Trinajstić information content (AvgIpc) is 3.06. The Hall–Kier alpha value is -2.19. The summed E-state index contributed by atoms with van der Waals surface area (Å²) in [6.07, 6.45) is 4.30. The predicted molar refractivity (Wildman–Crippen MR) is 85.4 cm³/mol. The first-order chi connectivity index (χ1) is 10.7. The van der Waals surface area contributed by atoms with Crippen LogP contribution < -0.4 is 14.2 Å². The number of likely N-dealkylation sites (tertiary alicyclic amines) is 1. The van der Waals surface area contributed by atoms with Crippen LogP contribution in [0.15, 0.2) is 17.7 Å². The summed E-state index contributed by atoms with van der Waals surface area (Å²) >= 11 is 0. The average molecular weight is 302 g/mol. The van der Waals surface area contributed by atoms with Crippen molar-refractivity contribution >= 4 is 6.08 Å². The number of hydrogen-bond acceptors (Lipinski definition) is 5. The van der Waals surface area contributed by atoms with Crippen molar-refractivity contribution in [1.29, 1.82) is 5.26 Å². The molecule has 0 aliphatic carbocycles. The van der Waals surface area contributed by atoms with Crippen LogP contribution in [-0.4, -0.2) is 45.9 Å². The molecule has 118 valence electrons. The smallest absolute Gasteiger partial charge is 0.203 e. The Kier molecular flexibility index (Phi) is 5.68. The predicted octanol–water partition coefficient (Wildman–Crippen LogP) is 2.72. The third kappa shape index (κ3) is 3.71. The quantitative estimate of drug-likeness (QED) is 0.756. The molecule has 0 bridgehead atoms. The van der Waals surface area contributed by atoms with Gasteiger partial charge in [0.25, 0.3) is 0 Å². The molecule has 0 spiro atoms. The van der Waals surface area contributed by atoms with E-state index in [2.05, 4.69) is 11.0 Å². The van der Waals surface area contributed by atoms with Gasteiger partial charge in [0.1, 0.15) is 0 Å². The molecule has 0 atom stereocenters. The second-order valence-electron chi connectivity index (χ2n) is 5.22. The Morgan fingerprint density at radius 1 is 1.14 bits per heavy atom. The zero-order valence-electron chi connectivity index (χ0n) is 13.4. The van der Waals surface area contributed by atoms with E-state index in [1.807, 2.05) is 18.2 Å². The van der Waals surface area contributed by atoms with Crippen molar-refractivity contribution in [2.75, 3.05) is 41.0 Å². The molecule has 1 aliphatic heterocycles. The van der Waals surface area contributed by atoms with Gasteiger partial charge in [-0.05, 0) is 49.7 Å².